The molecule has 3 rings (SSSR count). The average Bonchev–Trinajstić information content (AvgIpc) is 3.17. The predicted octanol–water partition coefficient (Wildman–Crippen LogP) is 1.60. The first-order chi connectivity index (χ1) is 11.0. The fourth-order valence-electron chi connectivity index (χ4n) is 3.43. The van der Waals surface area contributed by atoms with Crippen LogP contribution in [0.15, 0.2) is 17.3 Å². The van der Waals surface area contributed by atoms with E-state index < -0.39 is 15.6 Å². The molecule has 1 aromatic heterocycles. The fraction of sp³-hybridized carbons (Fsp3) is 0.733. The number of rotatable bonds is 4. The highest BCUT2D eigenvalue weighted by Gasteiger charge is 2.44. The molecule has 1 aliphatic carbocycles. The van der Waals surface area contributed by atoms with Crippen molar-refractivity contribution >= 4 is 10.0 Å². The summed E-state index contributed by atoms with van der Waals surface area (Å²) in [6, 6.07) is 2.36. The zero-order valence-corrected chi connectivity index (χ0v) is 14.1. The van der Waals surface area contributed by atoms with Crippen LogP contribution in [0.4, 0.5) is 0 Å². The van der Waals surface area contributed by atoms with E-state index in [0.29, 0.717) is 19.6 Å². The molecule has 126 valence electrons. The van der Waals surface area contributed by atoms with E-state index in [2.05, 4.69) is 15.9 Å². The van der Waals surface area contributed by atoms with Gasteiger partial charge in [0.15, 0.2) is 0 Å². The number of hydrogen-bond acceptors (Lipinski definition) is 5. The van der Waals surface area contributed by atoms with Gasteiger partial charge in [-0.15, -0.1) is 0 Å². The molecule has 1 saturated heterocycles. The number of nitrogens with one attached hydrogen (secondary N) is 1. The number of hydrogen-bond donors (Lipinski definition) is 1. The highest BCUT2D eigenvalue weighted by atomic mass is 32.2. The van der Waals surface area contributed by atoms with Gasteiger partial charge >= 0.3 is 0 Å². The molecule has 0 spiro atoms. The molecule has 2 atom stereocenters. The Balaban J connectivity index is 1.80. The molecule has 0 aromatic carbocycles. The quantitative estimate of drug-likeness (QED) is 0.899. The first-order valence-corrected chi connectivity index (χ1v) is 9.52. The monoisotopic (exact) mass is 338 g/mol. The molecule has 0 bridgehead atoms. The summed E-state index contributed by atoms with van der Waals surface area (Å²) in [5.74, 6) is 0.00723. The molecular weight excluding hydrogens is 316 g/mol. The highest BCUT2D eigenvalue weighted by molar-refractivity contribution is 7.89. The second-order valence-electron chi connectivity index (χ2n) is 6.48. The lowest BCUT2D eigenvalue weighted by atomic mass is 9.91. The average molecular weight is 338 g/mol. The van der Waals surface area contributed by atoms with Gasteiger partial charge in [0.05, 0.1) is 18.3 Å². The standard InChI is InChI=1S/C15H22N4O3S/c1-12-3-2-6-15(12,11-16)18-23(20,21)14-9-17-19(10-14)13-4-7-22-8-5-13/h9-10,12-13,18H,2-8H2,1H3. The Morgan fingerprint density at radius 3 is 2.78 bits per heavy atom. The molecule has 1 saturated carbocycles. The van der Waals surface area contributed by atoms with Crippen molar-refractivity contribution in [2.45, 2.75) is 55.5 Å². The summed E-state index contributed by atoms with van der Waals surface area (Å²) < 4.78 is 35.0. The lowest BCUT2D eigenvalue weighted by molar-refractivity contribution is 0.0662. The summed E-state index contributed by atoms with van der Waals surface area (Å²) in [4.78, 5) is 0.123. The lowest BCUT2D eigenvalue weighted by Gasteiger charge is -2.26. The number of ether oxygens (including phenoxy) is 1. The van der Waals surface area contributed by atoms with Gasteiger partial charge in [-0.2, -0.15) is 15.1 Å². The Labute approximate surface area is 136 Å². The first-order valence-electron chi connectivity index (χ1n) is 8.04. The Kier molecular flexibility index (Phi) is 4.45. The van der Waals surface area contributed by atoms with Crippen molar-refractivity contribution in [3.8, 4) is 6.07 Å². The summed E-state index contributed by atoms with van der Waals surface area (Å²) in [5, 5.41) is 13.7. The molecule has 2 aliphatic rings. The van der Waals surface area contributed by atoms with Gasteiger partial charge in [0.2, 0.25) is 10.0 Å². The molecule has 0 amide bonds. The summed E-state index contributed by atoms with van der Waals surface area (Å²) in [6.45, 7) is 3.25. The maximum absolute atomic E-state index is 12.7. The third-order valence-corrected chi connectivity index (χ3v) is 6.48. The van der Waals surface area contributed by atoms with E-state index in [1.54, 1.807) is 10.9 Å². The first kappa shape index (κ1) is 16.4. The third kappa shape index (κ3) is 3.13. The van der Waals surface area contributed by atoms with Gasteiger partial charge in [0.25, 0.3) is 0 Å². The minimum Gasteiger partial charge on any atom is -0.381 e. The Morgan fingerprint density at radius 2 is 2.17 bits per heavy atom. The molecule has 2 fully saturated rings. The van der Waals surface area contributed by atoms with Crippen LogP contribution in [0.5, 0.6) is 0 Å². The van der Waals surface area contributed by atoms with Gasteiger partial charge in [-0.3, -0.25) is 4.68 Å². The van der Waals surface area contributed by atoms with Crippen molar-refractivity contribution in [2.24, 2.45) is 5.92 Å². The zero-order chi connectivity index (χ0) is 16.5. The Hall–Kier alpha value is -1.43. The number of nitrogens with zero attached hydrogens (tertiary/aromatic N) is 3. The molecule has 8 heteroatoms. The molecule has 7 nitrogen and oxygen atoms in total. The minimum absolute atomic E-state index is 0.00723. The molecule has 0 radical (unpaired) electrons. The van der Waals surface area contributed by atoms with E-state index in [1.165, 1.54) is 6.20 Å². The van der Waals surface area contributed by atoms with Crippen molar-refractivity contribution < 1.29 is 13.2 Å². The SMILES string of the molecule is CC1CCCC1(C#N)NS(=O)(=O)c1cnn(C2CCOCC2)c1. The smallest absolute Gasteiger partial charge is 0.245 e. The van der Waals surface area contributed by atoms with Gasteiger partial charge in [-0.05, 0) is 31.6 Å². The highest BCUT2D eigenvalue weighted by Crippen LogP contribution is 2.36. The summed E-state index contributed by atoms with van der Waals surface area (Å²) in [5.41, 5.74) is -1.00. The van der Waals surface area contributed by atoms with Crippen LogP contribution in [-0.2, 0) is 14.8 Å². The molecule has 1 N–H and O–H groups in total. The van der Waals surface area contributed by atoms with Crippen LogP contribution in [-0.4, -0.2) is 37.0 Å². The van der Waals surface area contributed by atoms with Crippen LogP contribution in [0.2, 0.25) is 0 Å². The van der Waals surface area contributed by atoms with Crippen molar-refractivity contribution in [2.75, 3.05) is 13.2 Å². The van der Waals surface area contributed by atoms with Crippen LogP contribution in [0.1, 0.15) is 45.1 Å². The number of nitriles is 1. The van der Waals surface area contributed by atoms with E-state index in [0.717, 1.165) is 25.7 Å². The van der Waals surface area contributed by atoms with Crippen LogP contribution in [0, 0.1) is 17.2 Å². The molecule has 2 heterocycles. The topological polar surface area (TPSA) is 97.0 Å². The van der Waals surface area contributed by atoms with Crippen LogP contribution < -0.4 is 4.72 Å². The van der Waals surface area contributed by atoms with Crippen molar-refractivity contribution in [1.82, 2.24) is 14.5 Å². The lowest BCUT2D eigenvalue weighted by Crippen LogP contribution is -2.49. The van der Waals surface area contributed by atoms with Crippen molar-refractivity contribution in [3.05, 3.63) is 12.4 Å². The second-order valence-corrected chi connectivity index (χ2v) is 8.16. The van der Waals surface area contributed by atoms with Crippen LogP contribution in [0.3, 0.4) is 0 Å². The summed E-state index contributed by atoms with van der Waals surface area (Å²) >= 11 is 0. The maximum atomic E-state index is 12.7. The molecule has 23 heavy (non-hydrogen) atoms. The summed E-state index contributed by atoms with van der Waals surface area (Å²) in [6.07, 6.45) is 6.85. The molecular formula is C15H22N4O3S. The molecule has 1 aliphatic heterocycles. The van der Waals surface area contributed by atoms with Crippen molar-refractivity contribution in [1.29, 1.82) is 5.26 Å². The van der Waals surface area contributed by atoms with Gasteiger partial charge in [-0.25, -0.2) is 8.42 Å². The largest absolute Gasteiger partial charge is 0.381 e. The van der Waals surface area contributed by atoms with E-state index in [-0.39, 0.29) is 16.9 Å². The fourth-order valence-corrected chi connectivity index (χ4v) is 4.81. The van der Waals surface area contributed by atoms with E-state index in [9.17, 15) is 13.7 Å². The minimum atomic E-state index is -3.75. The maximum Gasteiger partial charge on any atom is 0.245 e. The van der Waals surface area contributed by atoms with Gasteiger partial charge < -0.3 is 4.74 Å². The number of sulfonamides is 1. The van der Waals surface area contributed by atoms with Crippen LogP contribution in [0.25, 0.3) is 0 Å². The zero-order valence-electron chi connectivity index (χ0n) is 13.2. The van der Waals surface area contributed by atoms with Gasteiger partial charge in [0.1, 0.15) is 10.4 Å². The summed E-state index contributed by atoms with van der Waals surface area (Å²) in [7, 11) is -3.75. The third-order valence-electron chi connectivity index (χ3n) is 5.02. The van der Waals surface area contributed by atoms with Crippen molar-refractivity contribution in [3.63, 3.8) is 0 Å². The Bertz CT molecular complexity index is 703. The molecule has 2 unspecified atom stereocenters. The Morgan fingerprint density at radius 1 is 1.43 bits per heavy atom. The van der Waals surface area contributed by atoms with Gasteiger partial charge in [0, 0.05) is 19.4 Å². The number of aromatic nitrogens is 2. The van der Waals surface area contributed by atoms with E-state index in [4.69, 9.17) is 4.74 Å². The normalized spacial score (nSPS) is 29.5. The predicted molar refractivity (Wildman–Crippen MR) is 83.0 cm³/mol. The van der Waals surface area contributed by atoms with E-state index in [1.807, 2.05) is 6.92 Å². The molecule has 1 aromatic rings. The second kappa shape index (κ2) is 6.23. The van der Waals surface area contributed by atoms with E-state index >= 15 is 0 Å². The van der Waals surface area contributed by atoms with Gasteiger partial charge in [-0.1, -0.05) is 13.3 Å². The van der Waals surface area contributed by atoms with Crippen LogP contribution >= 0.6 is 0 Å².